The lowest BCUT2D eigenvalue weighted by Crippen LogP contribution is -2.10. The molecule has 86 valence electrons. The molecule has 0 radical (unpaired) electrons. The Hall–Kier alpha value is -1.93. The van der Waals surface area contributed by atoms with Gasteiger partial charge in [0.15, 0.2) is 5.69 Å². The van der Waals surface area contributed by atoms with Crippen molar-refractivity contribution < 1.29 is 0 Å². The summed E-state index contributed by atoms with van der Waals surface area (Å²) in [6.45, 7) is 2.08. The fraction of sp³-hybridized carbons (Fsp3) is 0.250. The van der Waals surface area contributed by atoms with Gasteiger partial charge in [-0.1, -0.05) is 6.92 Å². The number of nitrogens with one attached hydrogen (secondary N) is 1. The van der Waals surface area contributed by atoms with Gasteiger partial charge in [-0.2, -0.15) is 5.26 Å². The van der Waals surface area contributed by atoms with Crippen molar-refractivity contribution in [2.75, 3.05) is 5.32 Å². The lowest BCUT2D eigenvalue weighted by atomic mass is 10.2. The van der Waals surface area contributed by atoms with Crippen LogP contribution in [0, 0.1) is 11.3 Å². The van der Waals surface area contributed by atoms with Gasteiger partial charge in [0.05, 0.1) is 11.7 Å². The average Bonchev–Trinajstić information content (AvgIpc) is 2.90. The van der Waals surface area contributed by atoms with Gasteiger partial charge in [-0.3, -0.25) is 0 Å². The summed E-state index contributed by atoms with van der Waals surface area (Å²) in [6, 6.07) is 5.89. The van der Waals surface area contributed by atoms with Crippen molar-refractivity contribution in [3.05, 3.63) is 40.6 Å². The minimum atomic E-state index is 0.131. The minimum absolute atomic E-state index is 0.131. The molecular formula is C12H12N4S. The molecule has 0 spiro atoms. The highest BCUT2D eigenvalue weighted by molar-refractivity contribution is 7.09. The van der Waals surface area contributed by atoms with Gasteiger partial charge in [0, 0.05) is 17.8 Å². The van der Waals surface area contributed by atoms with E-state index in [4.69, 9.17) is 5.26 Å². The van der Waals surface area contributed by atoms with Crippen molar-refractivity contribution in [1.82, 2.24) is 9.97 Å². The van der Waals surface area contributed by atoms with Crippen LogP contribution in [0.2, 0.25) is 0 Å². The van der Waals surface area contributed by atoms with Crippen LogP contribution < -0.4 is 5.32 Å². The third kappa shape index (κ3) is 2.60. The largest absolute Gasteiger partial charge is 0.373 e. The monoisotopic (exact) mass is 244 g/mol. The number of rotatable bonds is 4. The Balaban J connectivity index is 2.22. The fourth-order valence-electron chi connectivity index (χ4n) is 1.54. The van der Waals surface area contributed by atoms with E-state index in [9.17, 15) is 0 Å². The third-order valence-electron chi connectivity index (χ3n) is 2.40. The van der Waals surface area contributed by atoms with E-state index in [0.717, 1.165) is 17.1 Å². The standard InChI is InChI=1S/C12H12N4S/c1-2-9(12-15-6-7-17-12)16-10-4-3-5-14-11(10)8-13/h3-7,9,16H,2H2,1H3. The van der Waals surface area contributed by atoms with Crippen molar-refractivity contribution in [1.29, 1.82) is 5.26 Å². The molecule has 0 aliphatic heterocycles. The summed E-state index contributed by atoms with van der Waals surface area (Å²) in [5.41, 5.74) is 1.18. The zero-order valence-electron chi connectivity index (χ0n) is 9.42. The Kier molecular flexibility index (Phi) is 3.68. The van der Waals surface area contributed by atoms with Crippen molar-refractivity contribution in [2.45, 2.75) is 19.4 Å². The lowest BCUT2D eigenvalue weighted by molar-refractivity contribution is 0.741. The highest BCUT2D eigenvalue weighted by Gasteiger charge is 2.13. The smallest absolute Gasteiger partial charge is 0.163 e. The Morgan fingerprint density at radius 3 is 3.00 bits per heavy atom. The molecule has 0 saturated heterocycles. The third-order valence-corrected chi connectivity index (χ3v) is 3.29. The van der Waals surface area contributed by atoms with Crippen LogP contribution in [0.3, 0.4) is 0 Å². The van der Waals surface area contributed by atoms with Gasteiger partial charge < -0.3 is 5.32 Å². The first-order valence-electron chi connectivity index (χ1n) is 5.36. The first-order valence-corrected chi connectivity index (χ1v) is 6.24. The molecule has 0 aliphatic carbocycles. The topological polar surface area (TPSA) is 61.6 Å². The van der Waals surface area contributed by atoms with E-state index in [0.29, 0.717) is 5.69 Å². The number of nitrogens with zero attached hydrogens (tertiary/aromatic N) is 3. The second kappa shape index (κ2) is 5.41. The molecule has 0 bridgehead atoms. The second-order valence-electron chi connectivity index (χ2n) is 3.49. The maximum absolute atomic E-state index is 8.97. The Morgan fingerprint density at radius 1 is 1.47 bits per heavy atom. The van der Waals surface area contributed by atoms with Gasteiger partial charge >= 0.3 is 0 Å². The Bertz CT molecular complexity index is 516. The molecule has 2 heterocycles. The number of pyridine rings is 1. The zero-order chi connectivity index (χ0) is 12.1. The van der Waals surface area contributed by atoms with Crippen LogP contribution in [0.15, 0.2) is 29.9 Å². The molecule has 1 unspecified atom stereocenters. The van der Waals surface area contributed by atoms with E-state index in [1.54, 1.807) is 23.7 Å². The molecule has 0 aromatic carbocycles. The second-order valence-corrected chi connectivity index (χ2v) is 4.41. The van der Waals surface area contributed by atoms with E-state index in [1.807, 2.05) is 17.5 Å². The summed E-state index contributed by atoms with van der Waals surface area (Å²) >= 11 is 1.61. The van der Waals surface area contributed by atoms with E-state index in [2.05, 4.69) is 28.3 Å². The number of hydrogen-bond donors (Lipinski definition) is 1. The molecule has 4 nitrogen and oxygen atoms in total. The molecule has 0 aliphatic rings. The molecule has 1 N–H and O–H groups in total. The molecule has 2 aromatic heterocycles. The van der Waals surface area contributed by atoms with Crippen molar-refractivity contribution in [2.24, 2.45) is 0 Å². The van der Waals surface area contributed by atoms with Crippen LogP contribution in [0.4, 0.5) is 5.69 Å². The van der Waals surface area contributed by atoms with E-state index >= 15 is 0 Å². The molecular weight excluding hydrogens is 232 g/mol. The summed E-state index contributed by atoms with van der Waals surface area (Å²) in [6.07, 6.45) is 4.32. The lowest BCUT2D eigenvalue weighted by Gasteiger charge is -2.16. The van der Waals surface area contributed by atoms with E-state index in [1.165, 1.54) is 0 Å². The van der Waals surface area contributed by atoms with Gasteiger partial charge in [0.1, 0.15) is 11.1 Å². The molecule has 2 rings (SSSR count). The summed E-state index contributed by atoms with van der Waals surface area (Å²) < 4.78 is 0. The first kappa shape index (κ1) is 11.6. The number of thiazole rings is 1. The SMILES string of the molecule is CCC(Nc1cccnc1C#N)c1nccs1. The van der Waals surface area contributed by atoms with Crippen molar-refractivity contribution in [3.63, 3.8) is 0 Å². The predicted molar refractivity (Wildman–Crippen MR) is 67.7 cm³/mol. The highest BCUT2D eigenvalue weighted by atomic mass is 32.1. The van der Waals surface area contributed by atoms with Crippen LogP contribution in [0.1, 0.15) is 30.1 Å². The van der Waals surface area contributed by atoms with Crippen LogP contribution >= 0.6 is 11.3 Å². The van der Waals surface area contributed by atoms with E-state index in [-0.39, 0.29) is 6.04 Å². The molecule has 5 heteroatoms. The Labute approximate surface area is 104 Å². The van der Waals surface area contributed by atoms with Gasteiger partial charge in [0.25, 0.3) is 0 Å². The van der Waals surface area contributed by atoms with Crippen molar-refractivity contribution >= 4 is 17.0 Å². The molecule has 0 amide bonds. The normalized spacial score (nSPS) is 11.8. The number of hydrogen-bond acceptors (Lipinski definition) is 5. The van der Waals surface area contributed by atoms with Gasteiger partial charge in [0.2, 0.25) is 0 Å². The van der Waals surface area contributed by atoms with Crippen LogP contribution in [0.25, 0.3) is 0 Å². The summed E-state index contributed by atoms with van der Waals surface area (Å²) in [5, 5.41) is 15.3. The highest BCUT2D eigenvalue weighted by Crippen LogP contribution is 2.24. The quantitative estimate of drug-likeness (QED) is 0.898. The van der Waals surface area contributed by atoms with Crippen LogP contribution in [0.5, 0.6) is 0 Å². The molecule has 2 aromatic rings. The van der Waals surface area contributed by atoms with Crippen LogP contribution in [-0.2, 0) is 0 Å². The summed E-state index contributed by atoms with van der Waals surface area (Å²) in [4.78, 5) is 8.32. The molecule has 0 fully saturated rings. The zero-order valence-corrected chi connectivity index (χ0v) is 10.2. The number of nitriles is 1. The van der Waals surface area contributed by atoms with E-state index < -0.39 is 0 Å². The molecule has 17 heavy (non-hydrogen) atoms. The van der Waals surface area contributed by atoms with Crippen LogP contribution in [-0.4, -0.2) is 9.97 Å². The number of anilines is 1. The number of aromatic nitrogens is 2. The fourth-order valence-corrected chi connectivity index (χ4v) is 2.32. The molecule has 0 saturated carbocycles. The molecule has 1 atom stereocenters. The summed E-state index contributed by atoms with van der Waals surface area (Å²) in [5.74, 6) is 0. The first-order chi connectivity index (χ1) is 8.35. The van der Waals surface area contributed by atoms with Crippen molar-refractivity contribution in [3.8, 4) is 6.07 Å². The maximum atomic E-state index is 8.97. The van der Waals surface area contributed by atoms with Gasteiger partial charge in [-0.25, -0.2) is 9.97 Å². The Morgan fingerprint density at radius 2 is 2.35 bits per heavy atom. The predicted octanol–water partition coefficient (Wildman–Crippen LogP) is 2.97. The average molecular weight is 244 g/mol. The minimum Gasteiger partial charge on any atom is -0.373 e. The maximum Gasteiger partial charge on any atom is 0.163 e. The van der Waals surface area contributed by atoms with Gasteiger partial charge in [-0.05, 0) is 18.6 Å². The summed E-state index contributed by atoms with van der Waals surface area (Å²) in [7, 11) is 0. The van der Waals surface area contributed by atoms with Gasteiger partial charge in [-0.15, -0.1) is 11.3 Å².